The van der Waals surface area contributed by atoms with Crippen LogP contribution in [0.4, 0.5) is 4.39 Å². The van der Waals surface area contributed by atoms with E-state index >= 15 is 0 Å². The quantitative estimate of drug-likeness (QED) is 0.628. The van der Waals surface area contributed by atoms with Crippen LogP contribution in [0.3, 0.4) is 0 Å². The average molecular weight is 215 g/mol. The van der Waals surface area contributed by atoms with E-state index in [1.54, 1.807) is 6.07 Å². The third kappa shape index (κ3) is 1.56. The van der Waals surface area contributed by atoms with Crippen LogP contribution >= 0.6 is 22.9 Å². The van der Waals surface area contributed by atoms with Gasteiger partial charge in [0.05, 0.1) is 0 Å². The lowest BCUT2D eigenvalue weighted by Gasteiger charge is -1.99. The van der Waals surface area contributed by atoms with E-state index in [1.165, 1.54) is 11.3 Å². The molecule has 2 rings (SSSR count). The molecule has 0 aliphatic carbocycles. The molecule has 68 valence electrons. The summed E-state index contributed by atoms with van der Waals surface area (Å²) in [5.74, 6) is 0.439. The maximum atomic E-state index is 12.9. The van der Waals surface area contributed by atoms with Crippen molar-refractivity contribution in [1.29, 1.82) is 0 Å². The Morgan fingerprint density at radius 1 is 1.38 bits per heavy atom. The number of hydrogen-bond donors (Lipinski definition) is 0. The highest BCUT2D eigenvalue weighted by atomic mass is 35.5. The second kappa shape index (κ2) is 3.28. The van der Waals surface area contributed by atoms with E-state index in [0.717, 1.165) is 21.2 Å². The van der Waals surface area contributed by atoms with E-state index in [1.807, 2.05) is 19.1 Å². The van der Waals surface area contributed by atoms with Crippen molar-refractivity contribution in [2.45, 2.75) is 12.8 Å². The lowest BCUT2D eigenvalue weighted by molar-refractivity contribution is 0.658. The zero-order valence-corrected chi connectivity index (χ0v) is 8.68. The van der Waals surface area contributed by atoms with Crippen molar-refractivity contribution < 1.29 is 4.39 Å². The monoisotopic (exact) mass is 214 g/mol. The summed E-state index contributed by atoms with van der Waals surface area (Å²) in [6, 6.07) is 5.54. The van der Waals surface area contributed by atoms with Crippen LogP contribution in [0.25, 0.3) is 10.1 Å². The number of thiophene rings is 1. The lowest BCUT2D eigenvalue weighted by atomic mass is 10.1. The Hall–Kier alpha value is -0.600. The predicted octanol–water partition coefficient (Wildman–Crippen LogP) is 4.09. The largest absolute Gasteiger partial charge is 0.195 e. The maximum absolute atomic E-state index is 12.9. The average Bonchev–Trinajstić information content (AvgIpc) is 2.43. The molecule has 0 amide bonds. The molecule has 0 aliphatic heterocycles. The molecule has 0 bridgehead atoms. The first-order valence-corrected chi connectivity index (χ1v) is 5.30. The highest BCUT2D eigenvalue weighted by Crippen LogP contribution is 2.29. The maximum Gasteiger partial charge on any atom is 0.177 e. The minimum Gasteiger partial charge on any atom is -0.195 e. The van der Waals surface area contributed by atoms with Crippen molar-refractivity contribution in [3.05, 3.63) is 34.5 Å². The van der Waals surface area contributed by atoms with Gasteiger partial charge in [0.15, 0.2) is 5.13 Å². The fourth-order valence-electron chi connectivity index (χ4n) is 1.44. The first kappa shape index (κ1) is 8.97. The Labute approximate surface area is 85.0 Å². The highest BCUT2D eigenvalue weighted by molar-refractivity contribution is 7.17. The number of benzene rings is 1. The van der Waals surface area contributed by atoms with E-state index in [-0.39, 0.29) is 5.13 Å². The summed E-state index contributed by atoms with van der Waals surface area (Å²) in [6.45, 7) is 1.99. The smallest absolute Gasteiger partial charge is 0.177 e. The minimum absolute atomic E-state index is 0.146. The summed E-state index contributed by atoms with van der Waals surface area (Å²) in [5, 5.41) is 0.801. The number of alkyl halides is 1. The van der Waals surface area contributed by atoms with Crippen LogP contribution in [0.2, 0.25) is 0 Å². The van der Waals surface area contributed by atoms with Crippen molar-refractivity contribution >= 4 is 33.0 Å². The van der Waals surface area contributed by atoms with Gasteiger partial charge in [-0.15, -0.1) is 22.9 Å². The summed E-state index contributed by atoms with van der Waals surface area (Å²) in [5.41, 5.74) is 2.14. The molecule has 0 nitrogen and oxygen atoms in total. The molecule has 1 heterocycles. The van der Waals surface area contributed by atoms with Crippen molar-refractivity contribution in [3.8, 4) is 0 Å². The SMILES string of the molecule is Cc1cc(CCl)c2cc(F)sc2c1. The van der Waals surface area contributed by atoms with Gasteiger partial charge in [0.2, 0.25) is 0 Å². The van der Waals surface area contributed by atoms with E-state index in [2.05, 4.69) is 0 Å². The van der Waals surface area contributed by atoms with Crippen LogP contribution in [0.5, 0.6) is 0 Å². The van der Waals surface area contributed by atoms with E-state index < -0.39 is 0 Å². The topological polar surface area (TPSA) is 0 Å². The molecule has 0 atom stereocenters. The van der Waals surface area contributed by atoms with E-state index in [0.29, 0.717) is 5.88 Å². The van der Waals surface area contributed by atoms with Gasteiger partial charge < -0.3 is 0 Å². The van der Waals surface area contributed by atoms with Gasteiger partial charge in [-0.05, 0) is 35.6 Å². The first-order valence-electron chi connectivity index (χ1n) is 3.95. The molecule has 0 N–H and O–H groups in total. The summed E-state index contributed by atoms with van der Waals surface area (Å²) < 4.78 is 13.9. The van der Waals surface area contributed by atoms with Crippen LogP contribution in [0.15, 0.2) is 18.2 Å². The molecule has 0 saturated heterocycles. The second-order valence-electron chi connectivity index (χ2n) is 3.02. The molecule has 0 unspecified atom stereocenters. The molecule has 0 fully saturated rings. The van der Waals surface area contributed by atoms with Gasteiger partial charge in [-0.1, -0.05) is 6.07 Å². The summed E-state index contributed by atoms with van der Waals surface area (Å²) >= 11 is 6.94. The van der Waals surface area contributed by atoms with Crippen molar-refractivity contribution in [2.24, 2.45) is 0 Å². The highest BCUT2D eigenvalue weighted by Gasteiger charge is 2.06. The molecule has 0 saturated carbocycles. The minimum atomic E-state index is -0.146. The molecule has 1 aromatic carbocycles. The molecule has 0 radical (unpaired) electrons. The third-order valence-corrected chi connectivity index (χ3v) is 3.14. The second-order valence-corrected chi connectivity index (χ2v) is 4.32. The number of fused-ring (bicyclic) bond motifs is 1. The van der Waals surface area contributed by atoms with Gasteiger partial charge >= 0.3 is 0 Å². The summed E-state index contributed by atoms with van der Waals surface area (Å²) in [6.07, 6.45) is 0. The molecule has 0 aliphatic rings. The van der Waals surface area contributed by atoms with Crippen LogP contribution in [-0.4, -0.2) is 0 Å². The van der Waals surface area contributed by atoms with Gasteiger partial charge in [0.25, 0.3) is 0 Å². The molecule has 3 heteroatoms. The van der Waals surface area contributed by atoms with Gasteiger partial charge in [-0.2, -0.15) is 4.39 Å². The Bertz CT molecular complexity index is 447. The Kier molecular flexibility index (Phi) is 2.26. The Morgan fingerprint density at radius 2 is 2.15 bits per heavy atom. The number of hydrogen-bond acceptors (Lipinski definition) is 1. The predicted molar refractivity (Wildman–Crippen MR) is 56.1 cm³/mol. The first-order chi connectivity index (χ1) is 6.20. The zero-order valence-electron chi connectivity index (χ0n) is 7.10. The normalized spacial score (nSPS) is 11.0. The number of rotatable bonds is 1. The summed E-state index contributed by atoms with van der Waals surface area (Å²) in [4.78, 5) is 0. The van der Waals surface area contributed by atoms with Gasteiger partial charge in [-0.3, -0.25) is 0 Å². The van der Waals surface area contributed by atoms with Crippen LogP contribution < -0.4 is 0 Å². The van der Waals surface area contributed by atoms with Crippen LogP contribution in [-0.2, 0) is 5.88 Å². The number of aryl methyl sites for hydroxylation is 1. The number of halogens is 2. The Balaban J connectivity index is 2.80. The lowest BCUT2D eigenvalue weighted by Crippen LogP contribution is -1.80. The summed E-state index contributed by atoms with van der Waals surface area (Å²) in [7, 11) is 0. The molecule has 0 spiro atoms. The van der Waals surface area contributed by atoms with Gasteiger partial charge in [0, 0.05) is 10.6 Å². The van der Waals surface area contributed by atoms with Crippen molar-refractivity contribution in [2.75, 3.05) is 0 Å². The molecular formula is C10H8ClFS. The van der Waals surface area contributed by atoms with E-state index in [9.17, 15) is 4.39 Å². The molecule has 13 heavy (non-hydrogen) atoms. The Morgan fingerprint density at radius 3 is 2.85 bits per heavy atom. The fraction of sp³-hybridized carbons (Fsp3) is 0.200. The van der Waals surface area contributed by atoms with Crippen LogP contribution in [0, 0.1) is 12.1 Å². The van der Waals surface area contributed by atoms with Crippen LogP contribution in [0.1, 0.15) is 11.1 Å². The van der Waals surface area contributed by atoms with Crippen molar-refractivity contribution in [1.82, 2.24) is 0 Å². The van der Waals surface area contributed by atoms with Gasteiger partial charge in [-0.25, -0.2) is 0 Å². The van der Waals surface area contributed by atoms with E-state index in [4.69, 9.17) is 11.6 Å². The zero-order chi connectivity index (χ0) is 9.42. The standard InChI is InChI=1S/C10H8ClFS/c1-6-2-7(5-11)8-4-10(12)13-9(8)3-6/h2-4H,5H2,1H3. The van der Waals surface area contributed by atoms with Gasteiger partial charge in [0.1, 0.15) is 0 Å². The molecular weight excluding hydrogens is 207 g/mol. The van der Waals surface area contributed by atoms with Crippen molar-refractivity contribution in [3.63, 3.8) is 0 Å². The third-order valence-electron chi connectivity index (χ3n) is 1.98. The fourth-order valence-corrected chi connectivity index (χ4v) is 2.60. The molecule has 2 aromatic rings. The molecule has 1 aromatic heterocycles.